The van der Waals surface area contributed by atoms with Crippen molar-refractivity contribution in [3.05, 3.63) is 0 Å². The van der Waals surface area contributed by atoms with Crippen molar-refractivity contribution in [2.45, 2.75) is 3.98 Å². The van der Waals surface area contributed by atoms with Crippen LogP contribution in [0.4, 0.5) is 4.79 Å². The fraction of sp³-hybridized carbons (Fsp3) is 0.500. The molecule has 0 heterocycles. The maximum absolute atomic E-state index is 9.73. The summed E-state index contributed by atoms with van der Waals surface area (Å²) in [6, 6.07) is 0. The van der Waals surface area contributed by atoms with Gasteiger partial charge in [0, 0.05) is 11.6 Å². The van der Waals surface area contributed by atoms with E-state index in [1.54, 1.807) is 0 Å². The average Bonchev–Trinajstić information content (AvgIpc) is 1.59. The minimum absolute atomic E-state index is 1.21. The molecule has 0 radical (unpaired) electrons. The van der Waals surface area contributed by atoms with Crippen molar-refractivity contribution in [3.8, 4) is 0 Å². The van der Waals surface area contributed by atoms with Crippen molar-refractivity contribution in [1.82, 2.24) is 0 Å². The van der Waals surface area contributed by atoms with Crippen LogP contribution in [0.15, 0.2) is 0 Å². The van der Waals surface area contributed by atoms with Crippen molar-refractivity contribution in [3.63, 3.8) is 0 Å². The lowest BCUT2D eigenvalue weighted by Gasteiger charge is -2.06. The molecule has 3 nitrogen and oxygen atoms in total. The highest BCUT2D eigenvalue weighted by Gasteiger charge is 2.23. The van der Waals surface area contributed by atoms with Gasteiger partial charge in [0.25, 0.3) is 0 Å². The van der Waals surface area contributed by atoms with Gasteiger partial charge in [0.15, 0.2) is 0 Å². The number of hydrogen-bond donors (Lipinski definition) is 0. The number of rotatable bonds is 1. The van der Waals surface area contributed by atoms with Crippen LogP contribution < -0.4 is 0 Å². The Balaban J connectivity index is 3.39. The number of alkyl halides is 3. The third-order valence-electron chi connectivity index (χ3n) is 0.202. The van der Waals surface area contributed by atoms with Gasteiger partial charge in [0.05, 0.1) is 0 Å². The quantitative estimate of drug-likeness (QED) is 0.291. The fourth-order valence-corrected chi connectivity index (χ4v) is 0.206. The summed E-state index contributed by atoms with van der Waals surface area (Å²) >= 11 is 19.5. The minimum atomic E-state index is -2.08. The first-order valence-corrected chi connectivity index (χ1v) is 3.05. The molecule has 0 aromatic carbocycles. The molecule has 0 bridgehead atoms. The molecule has 0 atom stereocenters. The normalized spacial score (nSPS) is 11.1. The second kappa shape index (κ2) is 3.68. The predicted molar refractivity (Wildman–Crippen MR) is 33.7 cm³/mol. The maximum Gasteiger partial charge on any atom is 0.435 e. The molecule has 0 unspecified atom stereocenters. The standard InChI is InChI=1S/C2Cl4O3/c3-1(7)8-9-2(4,5)6. The van der Waals surface area contributed by atoms with Gasteiger partial charge in [-0.3, -0.25) is 4.89 Å². The number of hydrogen-bond acceptors (Lipinski definition) is 3. The lowest BCUT2D eigenvalue weighted by molar-refractivity contribution is -0.237. The second-order valence-electron chi connectivity index (χ2n) is 0.850. The molecular weight excluding hydrogens is 214 g/mol. The molecule has 0 saturated heterocycles. The number of halogens is 4. The molecule has 0 N–H and O–H groups in total. The first-order valence-electron chi connectivity index (χ1n) is 1.53. The molecule has 0 fully saturated rings. The van der Waals surface area contributed by atoms with Crippen LogP contribution >= 0.6 is 46.4 Å². The molecule has 0 saturated carbocycles. The molecule has 0 aliphatic carbocycles. The Hall–Kier alpha value is 0.590. The largest absolute Gasteiger partial charge is 0.435 e. The molecule has 0 amide bonds. The van der Waals surface area contributed by atoms with Gasteiger partial charge in [0.1, 0.15) is 0 Å². The SMILES string of the molecule is O=C(Cl)OOC(Cl)(Cl)Cl. The highest BCUT2D eigenvalue weighted by molar-refractivity contribution is 6.66. The Morgan fingerprint density at radius 2 is 1.78 bits per heavy atom. The molecule has 0 aromatic heterocycles. The zero-order valence-electron chi connectivity index (χ0n) is 3.74. The third kappa shape index (κ3) is 8.59. The summed E-state index contributed by atoms with van der Waals surface area (Å²) < 4.78 is -2.08. The van der Waals surface area contributed by atoms with E-state index in [1.165, 1.54) is 0 Å². The smallest absolute Gasteiger partial charge is 0.276 e. The van der Waals surface area contributed by atoms with E-state index >= 15 is 0 Å². The van der Waals surface area contributed by atoms with Gasteiger partial charge in [-0.05, 0) is 34.8 Å². The Kier molecular flexibility index (Phi) is 3.93. The summed E-state index contributed by atoms with van der Waals surface area (Å²) in [5.74, 6) is 0. The number of carbonyl (C=O) groups is 1. The van der Waals surface area contributed by atoms with E-state index in [4.69, 9.17) is 34.8 Å². The molecule has 9 heavy (non-hydrogen) atoms. The topological polar surface area (TPSA) is 35.5 Å². The highest BCUT2D eigenvalue weighted by atomic mass is 35.6. The molecule has 54 valence electrons. The minimum Gasteiger partial charge on any atom is -0.276 e. The van der Waals surface area contributed by atoms with Gasteiger partial charge in [-0.1, -0.05) is 0 Å². The zero-order chi connectivity index (χ0) is 7.49. The molecule has 0 aliphatic rings. The van der Waals surface area contributed by atoms with Crippen LogP contribution in [0, 0.1) is 0 Å². The summed E-state index contributed by atoms with van der Waals surface area (Å²) in [6.45, 7) is 0. The molecule has 0 rings (SSSR count). The van der Waals surface area contributed by atoms with E-state index < -0.39 is 9.41 Å². The third-order valence-corrected chi connectivity index (χ3v) is 0.454. The average molecular weight is 214 g/mol. The Morgan fingerprint density at radius 1 is 1.33 bits per heavy atom. The first kappa shape index (κ1) is 9.59. The van der Waals surface area contributed by atoms with Crippen molar-refractivity contribution in [1.29, 1.82) is 0 Å². The van der Waals surface area contributed by atoms with Crippen LogP contribution in [0.1, 0.15) is 0 Å². The Labute approximate surface area is 70.6 Å². The van der Waals surface area contributed by atoms with Gasteiger partial charge in [-0.15, -0.1) is 4.89 Å². The van der Waals surface area contributed by atoms with Gasteiger partial charge in [-0.25, -0.2) is 4.79 Å². The summed E-state index contributed by atoms with van der Waals surface area (Å²) in [5.41, 5.74) is -1.21. The van der Waals surface area contributed by atoms with E-state index in [0.29, 0.717) is 0 Å². The van der Waals surface area contributed by atoms with Crippen LogP contribution in [0.5, 0.6) is 0 Å². The molecule has 0 spiro atoms. The second-order valence-corrected chi connectivity index (χ2v) is 3.34. The highest BCUT2D eigenvalue weighted by Crippen LogP contribution is 2.27. The van der Waals surface area contributed by atoms with Gasteiger partial charge >= 0.3 is 9.41 Å². The van der Waals surface area contributed by atoms with E-state index in [2.05, 4.69) is 21.4 Å². The summed E-state index contributed by atoms with van der Waals surface area (Å²) in [6.07, 6.45) is 0. The first-order chi connectivity index (χ1) is 3.92. The monoisotopic (exact) mass is 212 g/mol. The Morgan fingerprint density at radius 3 is 1.89 bits per heavy atom. The molecule has 0 aromatic rings. The molecule has 7 heteroatoms. The summed E-state index contributed by atoms with van der Waals surface area (Å²) in [5, 5.41) is 0. The van der Waals surface area contributed by atoms with E-state index in [-0.39, 0.29) is 0 Å². The van der Waals surface area contributed by atoms with Crippen molar-refractivity contribution >= 4 is 51.8 Å². The molecular formula is C2Cl4O3. The fourth-order valence-electron chi connectivity index (χ4n) is 0.0800. The molecule has 0 aliphatic heterocycles. The maximum atomic E-state index is 9.73. The van der Waals surface area contributed by atoms with Crippen LogP contribution in [0.25, 0.3) is 0 Å². The van der Waals surface area contributed by atoms with Crippen LogP contribution in [-0.2, 0) is 9.78 Å². The van der Waals surface area contributed by atoms with E-state index in [0.717, 1.165) is 0 Å². The van der Waals surface area contributed by atoms with Crippen LogP contribution in [0.2, 0.25) is 0 Å². The lowest BCUT2D eigenvalue weighted by atomic mass is 11.6. The van der Waals surface area contributed by atoms with E-state index in [1.807, 2.05) is 0 Å². The van der Waals surface area contributed by atoms with Crippen molar-refractivity contribution in [2.75, 3.05) is 0 Å². The van der Waals surface area contributed by atoms with E-state index in [9.17, 15) is 4.79 Å². The number of carbonyl (C=O) groups excluding carboxylic acids is 1. The summed E-state index contributed by atoms with van der Waals surface area (Å²) in [7, 11) is 0. The van der Waals surface area contributed by atoms with Crippen molar-refractivity contribution < 1.29 is 14.6 Å². The van der Waals surface area contributed by atoms with Crippen molar-refractivity contribution in [2.24, 2.45) is 0 Å². The lowest BCUT2D eigenvalue weighted by Crippen LogP contribution is -2.10. The van der Waals surface area contributed by atoms with Gasteiger partial charge in [-0.2, -0.15) is 0 Å². The zero-order valence-corrected chi connectivity index (χ0v) is 6.76. The predicted octanol–water partition coefficient (Wildman–Crippen LogP) is 2.62. The van der Waals surface area contributed by atoms with Gasteiger partial charge < -0.3 is 0 Å². The Bertz CT molecular complexity index is 107. The van der Waals surface area contributed by atoms with Crippen LogP contribution in [0.3, 0.4) is 0 Å². The summed E-state index contributed by atoms with van der Waals surface area (Å²) in [4.78, 5) is 17.2. The van der Waals surface area contributed by atoms with Crippen LogP contribution in [-0.4, -0.2) is 9.41 Å². The van der Waals surface area contributed by atoms with Gasteiger partial charge in [0.2, 0.25) is 0 Å².